The molecule has 0 saturated heterocycles. The molecule has 1 aliphatic carbocycles. The van der Waals surface area contributed by atoms with Gasteiger partial charge in [0.1, 0.15) is 0 Å². The molecule has 1 saturated carbocycles. The lowest BCUT2D eigenvalue weighted by Gasteiger charge is -2.22. The van der Waals surface area contributed by atoms with E-state index < -0.39 is 12.6 Å². The first kappa shape index (κ1) is 22.3. The highest BCUT2D eigenvalue weighted by Crippen LogP contribution is 2.18. The van der Waals surface area contributed by atoms with Crippen molar-refractivity contribution in [1.82, 2.24) is 16.0 Å². The van der Waals surface area contributed by atoms with Gasteiger partial charge in [0.25, 0.3) is 0 Å². The highest BCUT2D eigenvalue weighted by atomic mass is 127. The number of nitrogens with zero attached hydrogens (tertiary/aromatic N) is 1. The van der Waals surface area contributed by atoms with E-state index in [-0.39, 0.29) is 54.9 Å². The van der Waals surface area contributed by atoms with Gasteiger partial charge < -0.3 is 16.0 Å². The fourth-order valence-electron chi connectivity index (χ4n) is 2.38. The van der Waals surface area contributed by atoms with Crippen LogP contribution in [-0.4, -0.2) is 44.2 Å². The number of rotatable bonds is 6. The summed E-state index contributed by atoms with van der Waals surface area (Å²) in [5.74, 6) is 0.236. The lowest BCUT2D eigenvalue weighted by Crippen LogP contribution is -2.42. The van der Waals surface area contributed by atoms with Gasteiger partial charge in [-0.05, 0) is 12.8 Å². The summed E-state index contributed by atoms with van der Waals surface area (Å²) in [6.45, 7) is 0.0989. The van der Waals surface area contributed by atoms with Crippen molar-refractivity contribution in [3.63, 3.8) is 0 Å². The normalized spacial score (nSPS) is 16.4. The SMILES string of the molecule is CN=C(NCCC(=O)NC1CCCCC1)NCCC(F)(F)F.I. The minimum atomic E-state index is -4.19. The molecular formula is C14H26F3IN4O. The van der Waals surface area contributed by atoms with Gasteiger partial charge in [-0.1, -0.05) is 19.3 Å². The number of nitrogens with one attached hydrogen (secondary N) is 3. The number of amides is 1. The van der Waals surface area contributed by atoms with Gasteiger partial charge in [0.15, 0.2) is 5.96 Å². The Morgan fingerprint density at radius 1 is 1.13 bits per heavy atom. The molecule has 0 unspecified atom stereocenters. The average Bonchev–Trinajstić information content (AvgIpc) is 2.45. The molecule has 23 heavy (non-hydrogen) atoms. The molecule has 0 radical (unpaired) electrons. The molecule has 9 heteroatoms. The van der Waals surface area contributed by atoms with Crippen LogP contribution < -0.4 is 16.0 Å². The first-order chi connectivity index (χ1) is 10.4. The van der Waals surface area contributed by atoms with Crippen LogP contribution in [0.15, 0.2) is 4.99 Å². The third-order valence-corrected chi connectivity index (χ3v) is 3.54. The third-order valence-electron chi connectivity index (χ3n) is 3.54. The molecule has 3 N–H and O–H groups in total. The lowest BCUT2D eigenvalue weighted by molar-refractivity contribution is -0.132. The molecule has 1 amide bonds. The van der Waals surface area contributed by atoms with Crippen LogP contribution in [-0.2, 0) is 4.79 Å². The van der Waals surface area contributed by atoms with E-state index in [9.17, 15) is 18.0 Å². The van der Waals surface area contributed by atoms with Crippen LogP contribution in [0.4, 0.5) is 13.2 Å². The fraction of sp³-hybridized carbons (Fsp3) is 0.857. The van der Waals surface area contributed by atoms with E-state index in [1.54, 1.807) is 0 Å². The zero-order chi connectivity index (χ0) is 16.4. The van der Waals surface area contributed by atoms with Crippen LogP contribution in [0.1, 0.15) is 44.9 Å². The molecule has 5 nitrogen and oxygen atoms in total. The van der Waals surface area contributed by atoms with E-state index in [1.165, 1.54) is 13.5 Å². The molecule has 0 aromatic carbocycles. The van der Waals surface area contributed by atoms with Gasteiger partial charge in [0, 0.05) is 32.6 Å². The van der Waals surface area contributed by atoms with Crippen molar-refractivity contribution in [3.8, 4) is 0 Å². The topological polar surface area (TPSA) is 65.5 Å². The van der Waals surface area contributed by atoms with Crippen molar-refractivity contribution in [2.45, 2.75) is 57.2 Å². The minimum Gasteiger partial charge on any atom is -0.356 e. The molecule has 0 aromatic rings. The smallest absolute Gasteiger partial charge is 0.356 e. The maximum Gasteiger partial charge on any atom is 0.390 e. The zero-order valence-electron chi connectivity index (χ0n) is 13.3. The molecule has 1 rings (SSSR count). The first-order valence-electron chi connectivity index (χ1n) is 7.71. The molecule has 1 aliphatic rings. The number of halogens is 4. The largest absolute Gasteiger partial charge is 0.390 e. The summed E-state index contributed by atoms with van der Waals surface area (Å²) in [7, 11) is 1.48. The van der Waals surface area contributed by atoms with E-state index in [2.05, 4.69) is 20.9 Å². The molecule has 0 aromatic heterocycles. The quantitative estimate of drug-likeness (QED) is 0.331. The maximum absolute atomic E-state index is 12.0. The monoisotopic (exact) mass is 450 g/mol. The minimum absolute atomic E-state index is 0. The number of carbonyl (C=O) groups excluding carboxylic acids is 1. The molecule has 0 aliphatic heterocycles. The van der Waals surface area contributed by atoms with E-state index >= 15 is 0 Å². The molecule has 0 bridgehead atoms. The van der Waals surface area contributed by atoms with Crippen LogP contribution in [0.25, 0.3) is 0 Å². The molecule has 136 valence electrons. The number of guanidine groups is 1. The van der Waals surface area contributed by atoms with Crippen molar-refractivity contribution >= 4 is 35.8 Å². The van der Waals surface area contributed by atoms with Gasteiger partial charge in [-0.2, -0.15) is 13.2 Å². The number of alkyl halides is 3. The van der Waals surface area contributed by atoms with E-state index in [4.69, 9.17) is 0 Å². The Bertz CT molecular complexity index is 372. The Hall–Kier alpha value is -0.740. The van der Waals surface area contributed by atoms with E-state index in [1.807, 2.05) is 0 Å². The summed E-state index contributed by atoms with van der Waals surface area (Å²) in [5.41, 5.74) is 0. The number of hydrogen-bond donors (Lipinski definition) is 3. The van der Waals surface area contributed by atoms with Gasteiger partial charge in [0.2, 0.25) is 5.91 Å². The van der Waals surface area contributed by atoms with Crippen LogP contribution in [0.5, 0.6) is 0 Å². The highest BCUT2D eigenvalue weighted by molar-refractivity contribution is 14.0. The van der Waals surface area contributed by atoms with Crippen molar-refractivity contribution in [1.29, 1.82) is 0 Å². The highest BCUT2D eigenvalue weighted by Gasteiger charge is 2.26. The summed E-state index contributed by atoms with van der Waals surface area (Å²) in [6.07, 6.45) is 0.753. The van der Waals surface area contributed by atoms with Crippen LogP contribution in [0.3, 0.4) is 0 Å². The second-order valence-electron chi connectivity index (χ2n) is 5.44. The summed E-state index contributed by atoms with van der Waals surface area (Å²) in [6, 6.07) is 0.269. The molecule has 0 heterocycles. The van der Waals surface area contributed by atoms with E-state index in [0.717, 1.165) is 25.7 Å². The number of hydrogen-bond acceptors (Lipinski definition) is 2. The molecule has 0 atom stereocenters. The predicted molar refractivity (Wildman–Crippen MR) is 95.1 cm³/mol. The Balaban J connectivity index is 0.00000484. The lowest BCUT2D eigenvalue weighted by atomic mass is 9.95. The molecular weight excluding hydrogens is 424 g/mol. The fourth-order valence-corrected chi connectivity index (χ4v) is 2.38. The average molecular weight is 450 g/mol. The summed E-state index contributed by atoms with van der Waals surface area (Å²) < 4.78 is 36.1. The zero-order valence-corrected chi connectivity index (χ0v) is 15.7. The van der Waals surface area contributed by atoms with E-state index in [0.29, 0.717) is 6.54 Å². The summed E-state index contributed by atoms with van der Waals surface area (Å²) in [4.78, 5) is 15.6. The Morgan fingerprint density at radius 2 is 1.74 bits per heavy atom. The second-order valence-corrected chi connectivity index (χ2v) is 5.44. The van der Waals surface area contributed by atoms with Gasteiger partial charge >= 0.3 is 6.18 Å². The van der Waals surface area contributed by atoms with Crippen molar-refractivity contribution in [3.05, 3.63) is 0 Å². The number of aliphatic imine (C=N–C) groups is 1. The second kappa shape index (κ2) is 11.7. The van der Waals surface area contributed by atoms with Gasteiger partial charge in [0.05, 0.1) is 6.42 Å². The number of carbonyl (C=O) groups is 1. The molecule has 1 fully saturated rings. The van der Waals surface area contributed by atoms with Gasteiger partial charge in [-0.3, -0.25) is 9.79 Å². The summed E-state index contributed by atoms with van der Waals surface area (Å²) >= 11 is 0. The van der Waals surface area contributed by atoms with Crippen molar-refractivity contribution in [2.75, 3.05) is 20.1 Å². The standard InChI is InChI=1S/C14H25F3N4O.HI/c1-18-13(20-10-8-14(15,16)17)19-9-7-12(22)21-11-5-3-2-4-6-11;/h11H,2-10H2,1H3,(H,21,22)(H2,18,19,20);1H. The van der Waals surface area contributed by atoms with Gasteiger partial charge in [-0.25, -0.2) is 0 Å². The van der Waals surface area contributed by atoms with Crippen molar-refractivity contribution in [2.24, 2.45) is 4.99 Å². The first-order valence-corrected chi connectivity index (χ1v) is 7.71. The molecule has 0 spiro atoms. The van der Waals surface area contributed by atoms with Crippen LogP contribution >= 0.6 is 24.0 Å². The Kier molecular flexibility index (Phi) is 11.4. The predicted octanol–water partition coefficient (Wildman–Crippen LogP) is 2.56. The van der Waals surface area contributed by atoms with Crippen LogP contribution in [0.2, 0.25) is 0 Å². The Labute approximate surface area is 152 Å². The van der Waals surface area contributed by atoms with Crippen LogP contribution in [0, 0.1) is 0 Å². The van der Waals surface area contributed by atoms with Crippen molar-refractivity contribution < 1.29 is 18.0 Å². The van der Waals surface area contributed by atoms with Gasteiger partial charge in [-0.15, -0.1) is 24.0 Å². The third kappa shape index (κ3) is 11.4. The summed E-state index contributed by atoms with van der Waals surface area (Å²) in [5, 5.41) is 8.39. The maximum atomic E-state index is 12.0. The Morgan fingerprint density at radius 3 is 2.30 bits per heavy atom.